The van der Waals surface area contributed by atoms with Crippen LogP contribution in [0.15, 0.2) is 23.8 Å². The van der Waals surface area contributed by atoms with Crippen molar-refractivity contribution in [3.8, 4) is 11.5 Å². The van der Waals surface area contributed by atoms with E-state index in [-0.39, 0.29) is 11.5 Å². The van der Waals surface area contributed by atoms with Crippen LogP contribution in [0.1, 0.15) is 83.8 Å². The molecule has 126 valence electrons. The quantitative estimate of drug-likeness (QED) is 0.585. The van der Waals surface area contributed by atoms with Gasteiger partial charge in [-0.1, -0.05) is 52.2 Å². The maximum atomic E-state index is 9.92. The van der Waals surface area contributed by atoms with Gasteiger partial charge in [-0.2, -0.15) is 0 Å². The molecular formula is C20H34O2. The lowest BCUT2D eigenvalue weighted by atomic mass is 9.83. The number of phenols is 2. The zero-order valence-electron chi connectivity index (χ0n) is 15.2. The molecule has 0 amide bonds. The van der Waals surface area contributed by atoms with E-state index >= 15 is 0 Å². The van der Waals surface area contributed by atoms with E-state index in [0.29, 0.717) is 5.92 Å². The summed E-state index contributed by atoms with van der Waals surface area (Å²) in [5.41, 5.74) is 3.33. The molecule has 2 nitrogen and oxygen atoms in total. The minimum atomic E-state index is 0.135. The third-order valence-corrected chi connectivity index (χ3v) is 3.29. The van der Waals surface area contributed by atoms with Gasteiger partial charge in [-0.15, -0.1) is 0 Å². The number of benzene rings is 1. The number of aryl methyl sites for hydroxylation is 1. The second-order valence-corrected chi connectivity index (χ2v) is 6.12. The Labute approximate surface area is 136 Å². The van der Waals surface area contributed by atoms with Gasteiger partial charge in [0.2, 0.25) is 0 Å². The largest absolute Gasteiger partial charge is 0.508 e. The van der Waals surface area contributed by atoms with E-state index in [4.69, 9.17) is 0 Å². The molecule has 0 aromatic heterocycles. The van der Waals surface area contributed by atoms with Crippen LogP contribution in [0.3, 0.4) is 0 Å². The van der Waals surface area contributed by atoms with Gasteiger partial charge in [0.05, 0.1) is 0 Å². The lowest BCUT2D eigenvalue weighted by molar-refractivity contribution is 0.440. The molecule has 0 heterocycles. The van der Waals surface area contributed by atoms with Gasteiger partial charge in [0.1, 0.15) is 11.5 Å². The lowest BCUT2D eigenvalue weighted by Gasteiger charge is -2.22. The van der Waals surface area contributed by atoms with E-state index in [1.54, 1.807) is 6.07 Å². The number of aromatic hydroxyl groups is 2. The van der Waals surface area contributed by atoms with Crippen LogP contribution >= 0.6 is 0 Å². The monoisotopic (exact) mass is 306 g/mol. The minimum Gasteiger partial charge on any atom is -0.508 e. The van der Waals surface area contributed by atoms with Crippen molar-refractivity contribution < 1.29 is 10.2 Å². The molecule has 1 aliphatic carbocycles. The van der Waals surface area contributed by atoms with Crippen LogP contribution in [-0.2, 0) is 0 Å². The fraction of sp³-hybridized carbons (Fsp3) is 0.600. The summed E-state index contributed by atoms with van der Waals surface area (Å²) >= 11 is 0. The van der Waals surface area contributed by atoms with Gasteiger partial charge in [0, 0.05) is 17.5 Å². The molecule has 2 heteroatoms. The van der Waals surface area contributed by atoms with Crippen LogP contribution in [0.2, 0.25) is 0 Å². The molecule has 0 aliphatic heterocycles. The first-order valence-corrected chi connectivity index (χ1v) is 8.60. The average Bonchev–Trinajstić information content (AvgIpc) is 2.39. The average molecular weight is 306 g/mol. The second-order valence-electron chi connectivity index (χ2n) is 6.12. The number of hydrogen-bond donors (Lipinski definition) is 2. The molecule has 1 aromatic rings. The predicted octanol–water partition coefficient (Wildman–Crippen LogP) is 6.45. The first-order chi connectivity index (χ1) is 10.4. The Bertz CT molecular complexity index is 436. The van der Waals surface area contributed by atoms with Gasteiger partial charge < -0.3 is 10.2 Å². The first-order valence-electron chi connectivity index (χ1n) is 8.60. The van der Waals surface area contributed by atoms with Crippen LogP contribution in [0.4, 0.5) is 0 Å². The normalized spacial score (nSPS) is 16.6. The van der Waals surface area contributed by atoms with Crippen LogP contribution < -0.4 is 0 Å². The van der Waals surface area contributed by atoms with Gasteiger partial charge in [-0.25, -0.2) is 0 Å². The summed E-state index contributed by atoms with van der Waals surface area (Å²) in [6, 6.07) is 3.15. The molecule has 1 unspecified atom stereocenters. The smallest absolute Gasteiger partial charge is 0.123 e. The fourth-order valence-corrected chi connectivity index (χ4v) is 2.58. The molecule has 2 rings (SSSR count). The van der Waals surface area contributed by atoms with E-state index in [2.05, 4.69) is 40.7 Å². The highest BCUT2D eigenvalue weighted by molar-refractivity contribution is 5.48. The Balaban J connectivity index is 0.000000639. The van der Waals surface area contributed by atoms with E-state index in [9.17, 15) is 10.2 Å². The molecule has 0 saturated heterocycles. The molecule has 2 N–H and O–H groups in total. The Morgan fingerprint density at radius 1 is 1.00 bits per heavy atom. The highest BCUT2D eigenvalue weighted by Gasteiger charge is 2.19. The van der Waals surface area contributed by atoms with Crippen molar-refractivity contribution in [3.05, 3.63) is 34.9 Å². The molecule has 1 aliphatic rings. The third kappa shape index (κ3) is 7.02. The summed E-state index contributed by atoms with van der Waals surface area (Å²) in [5.74, 6) is 0.651. The maximum Gasteiger partial charge on any atom is 0.123 e. The zero-order chi connectivity index (χ0) is 17.1. The van der Waals surface area contributed by atoms with Crippen molar-refractivity contribution in [1.29, 1.82) is 0 Å². The molecule has 0 bridgehead atoms. The summed E-state index contributed by atoms with van der Waals surface area (Å²) in [6.45, 7) is 12.6. The molecule has 1 atom stereocenters. The second kappa shape index (κ2) is 11.2. The lowest BCUT2D eigenvalue weighted by Crippen LogP contribution is -2.04. The summed E-state index contributed by atoms with van der Waals surface area (Å²) in [7, 11) is 0. The molecule has 1 aromatic carbocycles. The summed E-state index contributed by atoms with van der Waals surface area (Å²) in [4.78, 5) is 0. The van der Waals surface area contributed by atoms with Gasteiger partial charge in [0.25, 0.3) is 0 Å². The van der Waals surface area contributed by atoms with Gasteiger partial charge >= 0.3 is 0 Å². The third-order valence-electron chi connectivity index (χ3n) is 3.29. The van der Waals surface area contributed by atoms with Crippen LogP contribution in [0, 0.1) is 6.92 Å². The van der Waals surface area contributed by atoms with E-state index in [0.717, 1.165) is 24.0 Å². The summed E-state index contributed by atoms with van der Waals surface area (Å²) < 4.78 is 0. The molecule has 0 radical (unpaired) electrons. The van der Waals surface area contributed by atoms with Crippen molar-refractivity contribution in [2.75, 3.05) is 0 Å². The summed E-state index contributed by atoms with van der Waals surface area (Å²) in [6.07, 6.45) is 8.15. The molecular weight excluding hydrogens is 272 g/mol. The van der Waals surface area contributed by atoms with Crippen molar-refractivity contribution in [3.63, 3.8) is 0 Å². The van der Waals surface area contributed by atoms with Gasteiger partial charge in [-0.05, 0) is 44.7 Å². The van der Waals surface area contributed by atoms with E-state index < -0.39 is 0 Å². The Kier molecular flexibility index (Phi) is 10.4. The molecule has 22 heavy (non-hydrogen) atoms. The molecule has 0 saturated carbocycles. The van der Waals surface area contributed by atoms with Crippen LogP contribution in [0.25, 0.3) is 0 Å². The topological polar surface area (TPSA) is 40.5 Å². The zero-order valence-corrected chi connectivity index (χ0v) is 15.2. The Morgan fingerprint density at radius 2 is 1.55 bits per heavy atom. The standard InChI is InChI=1S/C14H18O2.2C3H8/c1-9-4-3-5-11(6-9)14-10(2)7-12(15)8-13(14)16;2*1-3-2/h6-8,11,15-16H,3-5H2,1-2H3;2*3H2,1-2H3. The molecule has 0 spiro atoms. The minimum absolute atomic E-state index is 0.135. The summed E-state index contributed by atoms with van der Waals surface area (Å²) in [5, 5.41) is 19.3. The Morgan fingerprint density at radius 3 is 2.00 bits per heavy atom. The molecule has 0 fully saturated rings. The van der Waals surface area contributed by atoms with Crippen molar-refractivity contribution in [2.24, 2.45) is 0 Å². The van der Waals surface area contributed by atoms with Gasteiger partial charge in [-0.3, -0.25) is 0 Å². The number of allylic oxidation sites excluding steroid dienone is 2. The predicted molar refractivity (Wildman–Crippen MR) is 96.8 cm³/mol. The van der Waals surface area contributed by atoms with Crippen molar-refractivity contribution in [2.45, 2.75) is 79.6 Å². The Hall–Kier alpha value is -1.44. The van der Waals surface area contributed by atoms with E-state index in [1.807, 2.05) is 6.92 Å². The van der Waals surface area contributed by atoms with Crippen molar-refractivity contribution >= 4 is 0 Å². The first kappa shape index (κ1) is 20.6. The SMILES string of the molecule is CC1=CC(c2c(C)cc(O)cc2O)CCC1.CCC.CCC. The highest BCUT2D eigenvalue weighted by Crippen LogP contribution is 2.39. The fourth-order valence-electron chi connectivity index (χ4n) is 2.58. The van der Waals surface area contributed by atoms with Crippen LogP contribution in [0.5, 0.6) is 11.5 Å². The maximum absolute atomic E-state index is 9.92. The number of rotatable bonds is 1. The van der Waals surface area contributed by atoms with E-state index in [1.165, 1.54) is 30.9 Å². The highest BCUT2D eigenvalue weighted by atomic mass is 16.3. The number of hydrogen-bond acceptors (Lipinski definition) is 2. The van der Waals surface area contributed by atoms with Crippen molar-refractivity contribution in [1.82, 2.24) is 0 Å². The number of phenolic OH excluding ortho intramolecular Hbond substituents is 2. The van der Waals surface area contributed by atoms with Gasteiger partial charge in [0.15, 0.2) is 0 Å². The van der Waals surface area contributed by atoms with Crippen LogP contribution in [-0.4, -0.2) is 10.2 Å².